The lowest BCUT2D eigenvalue weighted by Crippen LogP contribution is -2.21. The van der Waals surface area contributed by atoms with E-state index in [0.29, 0.717) is 11.4 Å². The lowest BCUT2D eigenvalue weighted by molar-refractivity contribution is 0.550. The molecule has 0 bridgehead atoms. The fourth-order valence-electron chi connectivity index (χ4n) is 2.62. The summed E-state index contributed by atoms with van der Waals surface area (Å²) in [6.45, 7) is 3.97. The first kappa shape index (κ1) is 15.7. The van der Waals surface area contributed by atoms with Crippen LogP contribution in [0, 0.1) is 11.6 Å². The van der Waals surface area contributed by atoms with Gasteiger partial charge in [-0.05, 0) is 39.7 Å². The molecule has 0 atom stereocenters. The molecule has 0 amide bonds. The molecule has 2 aromatic carbocycles. The van der Waals surface area contributed by atoms with Crippen molar-refractivity contribution in [3.05, 3.63) is 94.1 Å². The lowest BCUT2D eigenvalue weighted by atomic mass is 9.94. The van der Waals surface area contributed by atoms with Crippen LogP contribution in [0.4, 0.5) is 8.78 Å². The normalized spacial score (nSPS) is 15.0. The van der Waals surface area contributed by atoms with Gasteiger partial charge in [0.2, 0.25) is 0 Å². The van der Waals surface area contributed by atoms with Crippen LogP contribution in [-0.2, 0) is 0 Å². The van der Waals surface area contributed by atoms with E-state index in [4.69, 9.17) is 0 Å². The van der Waals surface area contributed by atoms with E-state index in [-0.39, 0.29) is 5.56 Å². The van der Waals surface area contributed by atoms with Gasteiger partial charge >= 0.3 is 0 Å². The number of rotatable bonds is 2. The Morgan fingerprint density at radius 2 is 1.57 bits per heavy atom. The molecule has 1 aliphatic heterocycles. The highest BCUT2D eigenvalue weighted by Crippen LogP contribution is 2.41. The van der Waals surface area contributed by atoms with Gasteiger partial charge in [0.25, 0.3) is 0 Å². The third kappa shape index (κ3) is 2.75. The monoisotopic (exact) mass is 373 g/mol. The summed E-state index contributed by atoms with van der Waals surface area (Å²) in [6.07, 6.45) is 1.85. The molecule has 0 N–H and O–H groups in total. The smallest absolute Gasteiger partial charge is 0.135 e. The zero-order valence-corrected chi connectivity index (χ0v) is 14.1. The largest absolute Gasteiger partial charge is 0.343 e. The summed E-state index contributed by atoms with van der Waals surface area (Å²) in [5.41, 5.74) is 2.66. The summed E-state index contributed by atoms with van der Waals surface area (Å²) in [5, 5.41) is 0. The summed E-state index contributed by atoms with van der Waals surface area (Å²) >= 11 is 3.47. The van der Waals surface area contributed by atoms with Crippen LogP contribution >= 0.6 is 15.9 Å². The third-order valence-electron chi connectivity index (χ3n) is 3.83. The van der Waals surface area contributed by atoms with Crippen molar-refractivity contribution in [3.8, 4) is 0 Å². The molecule has 1 heterocycles. The summed E-state index contributed by atoms with van der Waals surface area (Å²) in [7, 11) is 1.75. The molecule has 0 radical (unpaired) electrons. The Morgan fingerprint density at radius 1 is 0.957 bits per heavy atom. The number of hydrogen-bond donors (Lipinski definition) is 0. The van der Waals surface area contributed by atoms with Gasteiger partial charge in [0.1, 0.15) is 11.6 Å². The molecule has 0 spiro atoms. The average molecular weight is 374 g/mol. The molecule has 0 aliphatic carbocycles. The van der Waals surface area contributed by atoms with Crippen molar-refractivity contribution in [1.82, 2.24) is 4.90 Å². The Kier molecular flexibility index (Phi) is 4.18. The molecule has 3 rings (SSSR count). The van der Waals surface area contributed by atoms with Crippen molar-refractivity contribution in [1.29, 1.82) is 0 Å². The predicted molar refractivity (Wildman–Crippen MR) is 93.5 cm³/mol. The Hall–Kier alpha value is -2.20. The Labute approximate surface area is 142 Å². The van der Waals surface area contributed by atoms with Gasteiger partial charge in [-0.2, -0.15) is 0 Å². The van der Waals surface area contributed by atoms with Crippen LogP contribution in [0.25, 0.3) is 11.3 Å². The zero-order valence-electron chi connectivity index (χ0n) is 12.5. The number of nitrogens with zero attached hydrogens (tertiary/aromatic N) is 1. The average Bonchev–Trinajstić information content (AvgIpc) is 2.55. The van der Waals surface area contributed by atoms with Crippen LogP contribution in [0.15, 0.2) is 71.4 Å². The summed E-state index contributed by atoms with van der Waals surface area (Å²) < 4.78 is 29.5. The lowest BCUT2D eigenvalue weighted by Gasteiger charge is -2.31. The SMILES string of the molecule is C=C1C(Br)=CC(c2ccccc2)=C(c2c(F)cccc2F)N1C. The Balaban J connectivity index is 2.36. The molecule has 2 aromatic rings. The van der Waals surface area contributed by atoms with Crippen LogP contribution in [0.3, 0.4) is 0 Å². The van der Waals surface area contributed by atoms with Gasteiger partial charge in [-0.15, -0.1) is 0 Å². The van der Waals surface area contributed by atoms with Crippen LogP contribution < -0.4 is 0 Å². The van der Waals surface area contributed by atoms with Crippen molar-refractivity contribution >= 4 is 27.2 Å². The van der Waals surface area contributed by atoms with E-state index < -0.39 is 11.6 Å². The first-order valence-corrected chi connectivity index (χ1v) is 7.84. The molecule has 0 saturated carbocycles. The molecule has 0 aromatic heterocycles. The maximum absolute atomic E-state index is 14.4. The molecule has 0 saturated heterocycles. The van der Waals surface area contributed by atoms with Crippen molar-refractivity contribution in [2.45, 2.75) is 0 Å². The van der Waals surface area contributed by atoms with E-state index in [1.807, 2.05) is 36.4 Å². The number of benzene rings is 2. The molecular formula is C19H14BrF2N. The van der Waals surface area contributed by atoms with Crippen LogP contribution in [0.1, 0.15) is 11.1 Å². The number of likely N-dealkylation sites (N-methyl/N-ethyl adjacent to an activating group) is 1. The van der Waals surface area contributed by atoms with Crippen LogP contribution in [0.5, 0.6) is 0 Å². The Morgan fingerprint density at radius 3 is 2.17 bits per heavy atom. The highest BCUT2D eigenvalue weighted by molar-refractivity contribution is 9.12. The van der Waals surface area contributed by atoms with Gasteiger partial charge in [0.15, 0.2) is 0 Å². The third-order valence-corrected chi connectivity index (χ3v) is 4.51. The fourth-order valence-corrected chi connectivity index (χ4v) is 3.11. The number of hydrogen-bond acceptors (Lipinski definition) is 1. The fraction of sp³-hybridized carbons (Fsp3) is 0.0526. The highest BCUT2D eigenvalue weighted by Gasteiger charge is 2.26. The van der Waals surface area contributed by atoms with Crippen molar-refractivity contribution in [3.63, 3.8) is 0 Å². The minimum atomic E-state index is -0.598. The summed E-state index contributed by atoms with van der Waals surface area (Å²) in [5.74, 6) is -1.20. The van der Waals surface area contributed by atoms with Gasteiger partial charge in [-0.3, -0.25) is 0 Å². The maximum Gasteiger partial charge on any atom is 0.135 e. The van der Waals surface area contributed by atoms with Crippen molar-refractivity contribution in [2.24, 2.45) is 0 Å². The van der Waals surface area contributed by atoms with Crippen LogP contribution in [0.2, 0.25) is 0 Å². The second-order valence-electron chi connectivity index (χ2n) is 5.22. The molecule has 0 fully saturated rings. The molecule has 116 valence electrons. The van der Waals surface area contributed by atoms with Gasteiger partial charge < -0.3 is 4.90 Å². The summed E-state index contributed by atoms with van der Waals surface area (Å²) in [6, 6.07) is 13.4. The summed E-state index contributed by atoms with van der Waals surface area (Å²) in [4.78, 5) is 1.70. The highest BCUT2D eigenvalue weighted by atomic mass is 79.9. The van der Waals surface area contributed by atoms with E-state index in [1.165, 1.54) is 18.2 Å². The minimum Gasteiger partial charge on any atom is -0.343 e. The predicted octanol–water partition coefficient (Wildman–Crippen LogP) is 5.57. The molecule has 0 unspecified atom stereocenters. The maximum atomic E-state index is 14.4. The van der Waals surface area contributed by atoms with Crippen molar-refractivity contribution < 1.29 is 8.78 Å². The molecule has 1 aliphatic rings. The zero-order chi connectivity index (χ0) is 16.6. The van der Waals surface area contributed by atoms with E-state index in [0.717, 1.165) is 15.6 Å². The van der Waals surface area contributed by atoms with Gasteiger partial charge in [-0.1, -0.05) is 43.0 Å². The van der Waals surface area contributed by atoms with E-state index in [1.54, 1.807) is 11.9 Å². The second-order valence-corrected chi connectivity index (χ2v) is 6.08. The molecule has 1 nitrogen and oxygen atoms in total. The second kappa shape index (κ2) is 6.13. The molecule has 23 heavy (non-hydrogen) atoms. The number of halogens is 3. The van der Waals surface area contributed by atoms with Gasteiger partial charge in [-0.25, -0.2) is 8.78 Å². The topological polar surface area (TPSA) is 3.24 Å². The molecule has 4 heteroatoms. The minimum absolute atomic E-state index is 0.0498. The number of allylic oxidation sites excluding steroid dienone is 3. The van der Waals surface area contributed by atoms with Crippen LogP contribution in [-0.4, -0.2) is 11.9 Å². The van der Waals surface area contributed by atoms with Gasteiger partial charge in [0.05, 0.1) is 11.3 Å². The standard InChI is InChI=1S/C19H14BrF2N/c1-12-15(20)11-14(13-7-4-3-5-8-13)19(23(12)2)18-16(21)9-6-10-17(18)22/h3-11H,1H2,2H3. The van der Waals surface area contributed by atoms with E-state index in [9.17, 15) is 8.78 Å². The quantitative estimate of drug-likeness (QED) is 0.664. The Bertz CT molecular complexity index is 817. The van der Waals surface area contributed by atoms with E-state index in [2.05, 4.69) is 22.5 Å². The first-order valence-electron chi connectivity index (χ1n) is 7.05. The van der Waals surface area contributed by atoms with E-state index >= 15 is 0 Å². The van der Waals surface area contributed by atoms with Gasteiger partial charge in [0, 0.05) is 22.8 Å². The van der Waals surface area contributed by atoms with Crippen molar-refractivity contribution in [2.75, 3.05) is 7.05 Å². The molecular weight excluding hydrogens is 360 g/mol. The first-order chi connectivity index (χ1) is 11.0.